The first-order valence-corrected chi connectivity index (χ1v) is 6.69. The molecule has 2 heterocycles. The van der Waals surface area contributed by atoms with Crippen molar-refractivity contribution >= 4 is 5.69 Å². The molecule has 0 bridgehead atoms. The van der Waals surface area contributed by atoms with Crippen molar-refractivity contribution in [1.29, 1.82) is 0 Å². The highest BCUT2D eigenvalue weighted by Gasteiger charge is 2.09. The van der Waals surface area contributed by atoms with Gasteiger partial charge in [0.2, 0.25) is 0 Å². The van der Waals surface area contributed by atoms with Gasteiger partial charge in [-0.05, 0) is 29.8 Å². The van der Waals surface area contributed by atoms with Gasteiger partial charge in [0.05, 0.1) is 19.2 Å². The molecule has 0 saturated heterocycles. The molecular weight excluding hydrogens is 284 g/mol. The van der Waals surface area contributed by atoms with Crippen LogP contribution in [0.5, 0.6) is 0 Å². The second kappa shape index (κ2) is 5.72. The van der Waals surface area contributed by atoms with Crippen LogP contribution < -0.4 is 17.0 Å². The van der Waals surface area contributed by atoms with Crippen LogP contribution in [0.2, 0.25) is 0 Å². The molecule has 0 atom stereocenters. The Kier molecular flexibility index (Phi) is 3.61. The number of aromatic amines is 1. The lowest BCUT2D eigenvalue weighted by Gasteiger charge is -2.06. The topological polar surface area (TPSA) is 107 Å². The number of anilines is 1. The molecule has 0 unspecified atom stereocenters. The second-order valence-corrected chi connectivity index (χ2v) is 4.86. The van der Waals surface area contributed by atoms with Gasteiger partial charge in [-0.25, -0.2) is 9.48 Å². The zero-order valence-electron chi connectivity index (χ0n) is 11.7. The maximum absolute atomic E-state index is 11.9. The minimum absolute atomic E-state index is 0.227. The number of rotatable bonds is 4. The zero-order chi connectivity index (χ0) is 15.5. The van der Waals surface area contributed by atoms with Crippen molar-refractivity contribution in [3.05, 3.63) is 80.5 Å². The Hall–Kier alpha value is -3.09. The number of furan rings is 1. The molecule has 0 saturated carbocycles. The first kappa shape index (κ1) is 13.9. The average molecular weight is 298 g/mol. The minimum atomic E-state index is -0.551. The summed E-state index contributed by atoms with van der Waals surface area (Å²) in [6.45, 7) is 0.251. The van der Waals surface area contributed by atoms with Crippen LogP contribution in [0.15, 0.2) is 56.7 Å². The smallest absolute Gasteiger partial charge is 0.345 e. The molecule has 0 aliphatic rings. The summed E-state index contributed by atoms with van der Waals surface area (Å²) < 4.78 is 6.41. The number of hydrogen-bond acceptors (Lipinski definition) is 5. The molecule has 0 aliphatic carbocycles. The standard InChI is InChI=1S/C15H14N4O3/c16-11-5-3-10(4-6-11)9-19-15(21)17-14(20)13(18-19)8-12-2-1-7-22-12/h1-7H,8-9,16H2,(H,17,20,21). The molecule has 7 nitrogen and oxygen atoms in total. The van der Waals surface area contributed by atoms with E-state index in [2.05, 4.69) is 10.1 Å². The summed E-state index contributed by atoms with van der Waals surface area (Å²) in [7, 11) is 0. The lowest BCUT2D eigenvalue weighted by molar-refractivity contribution is 0.510. The SMILES string of the molecule is Nc1ccc(Cn2nc(Cc3ccco3)c(=O)[nH]c2=O)cc1. The highest BCUT2D eigenvalue weighted by atomic mass is 16.3. The number of nitrogens with zero attached hydrogens (tertiary/aromatic N) is 2. The predicted octanol–water partition coefficient (Wildman–Crippen LogP) is 0.746. The highest BCUT2D eigenvalue weighted by Crippen LogP contribution is 2.07. The third-order valence-corrected chi connectivity index (χ3v) is 3.19. The third-order valence-electron chi connectivity index (χ3n) is 3.19. The fourth-order valence-electron chi connectivity index (χ4n) is 2.07. The Morgan fingerprint density at radius 1 is 1.18 bits per heavy atom. The van der Waals surface area contributed by atoms with Crippen LogP contribution in [0.1, 0.15) is 17.0 Å². The number of nitrogens with two attached hydrogens (primary N) is 1. The summed E-state index contributed by atoms with van der Waals surface area (Å²) in [5.74, 6) is 0.607. The van der Waals surface area contributed by atoms with Gasteiger partial charge in [-0.2, -0.15) is 5.10 Å². The normalized spacial score (nSPS) is 10.7. The predicted molar refractivity (Wildman–Crippen MR) is 80.6 cm³/mol. The monoisotopic (exact) mass is 298 g/mol. The van der Waals surface area contributed by atoms with Crippen molar-refractivity contribution in [1.82, 2.24) is 14.8 Å². The molecule has 0 amide bonds. The molecule has 7 heteroatoms. The zero-order valence-corrected chi connectivity index (χ0v) is 11.7. The first-order valence-electron chi connectivity index (χ1n) is 6.69. The Morgan fingerprint density at radius 3 is 2.64 bits per heavy atom. The van der Waals surface area contributed by atoms with E-state index < -0.39 is 11.2 Å². The van der Waals surface area contributed by atoms with Crippen molar-refractivity contribution in [2.75, 3.05) is 5.73 Å². The van der Waals surface area contributed by atoms with Crippen molar-refractivity contribution in [2.45, 2.75) is 13.0 Å². The van der Waals surface area contributed by atoms with E-state index in [0.29, 0.717) is 11.4 Å². The molecular formula is C15H14N4O3. The summed E-state index contributed by atoms with van der Waals surface area (Å²) in [5, 5.41) is 4.13. The Labute approximate surface area is 125 Å². The van der Waals surface area contributed by atoms with E-state index in [-0.39, 0.29) is 18.7 Å². The average Bonchev–Trinajstić information content (AvgIpc) is 2.99. The van der Waals surface area contributed by atoms with Crippen molar-refractivity contribution < 1.29 is 4.42 Å². The summed E-state index contributed by atoms with van der Waals surface area (Å²) in [5.41, 5.74) is 6.30. The van der Waals surface area contributed by atoms with E-state index >= 15 is 0 Å². The fraction of sp³-hybridized carbons (Fsp3) is 0.133. The first-order chi connectivity index (χ1) is 10.6. The van der Waals surface area contributed by atoms with E-state index in [1.807, 2.05) is 0 Å². The van der Waals surface area contributed by atoms with Gasteiger partial charge in [-0.15, -0.1) is 0 Å². The van der Waals surface area contributed by atoms with Gasteiger partial charge in [-0.1, -0.05) is 12.1 Å². The van der Waals surface area contributed by atoms with Gasteiger partial charge in [0.1, 0.15) is 11.5 Å². The summed E-state index contributed by atoms with van der Waals surface area (Å²) in [6.07, 6.45) is 1.75. The molecule has 0 radical (unpaired) electrons. The molecule has 3 N–H and O–H groups in total. The number of hydrogen-bond donors (Lipinski definition) is 2. The van der Waals surface area contributed by atoms with E-state index in [0.717, 1.165) is 5.56 Å². The number of nitrogen functional groups attached to an aromatic ring is 1. The van der Waals surface area contributed by atoms with Crippen LogP contribution in [0.25, 0.3) is 0 Å². The molecule has 0 spiro atoms. The van der Waals surface area contributed by atoms with Gasteiger partial charge in [0, 0.05) is 5.69 Å². The van der Waals surface area contributed by atoms with Gasteiger partial charge in [-0.3, -0.25) is 9.78 Å². The molecule has 3 rings (SSSR count). The van der Waals surface area contributed by atoms with Crippen LogP contribution in [-0.2, 0) is 13.0 Å². The maximum atomic E-state index is 11.9. The molecule has 0 fully saturated rings. The fourth-order valence-corrected chi connectivity index (χ4v) is 2.07. The second-order valence-electron chi connectivity index (χ2n) is 4.86. The van der Waals surface area contributed by atoms with Crippen LogP contribution in [0, 0.1) is 0 Å². The number of aromatic nitrogens is 3. The Balaban J connectivity index is 1.92. The van der Waals surface area contributed by atoms with Crippen molar-refractivity contribution in [3.63, 3.8) is 0 Å². The molecule has 22 heavy (non-hydrogen) atoms. The molecule has 0 aliphatic heterocycles. The number of benzene rings is 1. The van der Waals surface area contributed by atoms with Crippen LogP contribution in [0.4, 0.5) is 5.69 Å². The molecule has 112 valence electrons. The largest absolute Gasteiger partial charge is 0.469 e. The van der Waals surface area contributed by atoms with Gasteiger partial charge < -0.3 is 10.2 Å². The lowest BCUT2D eigenvalue weighted by Crippen LogP contribution is -2.35. The molecule has 2 aromatic heterocycles. The minimum Gasteiger partial charge on any atom is -0.469 e. The van der Waals surface area contributed by atoms with Gasteiger partial charge in [0.25, 0.3) is 5.56 Å². The van der Waals surface area contributed by atoms with Crippen LogP contribution in [0.3, 0.4) is 0 Å². The van der Waals surface area contributed by atoms with E-state index in [1.54, 1.807) is 36.4 Å². The van der Waals surface area contributed by atoms with Crippen molar-refractivity contribution in [3.8, 4) is 0 Å². The quantitative estimate of drug-likeness (QED) is 0.691. The summed E-state index contributed by atoms with van der Waals surface area (Å²) in [4.78, 5) is 26.0. The van der Waals surface area contributed by atoms with Crippen LogP contribution in [-0.4, -0.2) is 14.8 Å². The van der Waals surface area contributed by atoms with E-state index in [1.165, 1.54) is 10.9 Å². The molecule has 1 aromatic carbocycles. The van der Waals surface area contributed by atoms with Gasteiger partial charge >= 0.3 is 5.69 Å². The van der Waals surface area contributed by atoms with E-state index in [4.69, 9.17) is 10.2 Å². The number of H-pyrrole nitrogens is 1. The third kappa shape index (κ3) is 2.98. The highest BCUT2D eigenvalue weighted by molar-refractivity contribution is 5.39. The van der Waals surface area contributed by atoms with E-state index in [9.17, 15) is 9.59 Å². The lowest BCUT2D eigenvalue weighted by atomic mass is 10.2. The Morgan fingerprint density at radius 2 is 1.95 bits per heavy atom. The number of nitrogens with one attached hydrogen (secondary N) is 1. The van der Waals surface area contributed by atoms with Crippen LogP contribution >= 0.6 is 0 Å². The van der Waals surface area contributed by atoms with Crippen molar-refractivity contribution in [2.24, 2.45) is 0 Å². The Bertz CT molecular complexity index is 876. The summed E-state index contributed by atoms with van der Waals surface area (Å²) in [6, 6.07) is 10.6. The van der Waals surface area contributed by atoms with Gasteiger partial charge in [0.15, 0.2) is 0 Å². The summed E-state index contributed by atoms with van der Waals surface area (Å²) >= 11 is 0. The molecule has 3 aromatic rings. The maximum Gasteiger partial charge on any atom is 0.345 e.